The fourth-order valence-corrected chi connectivity index (χ4v) is 3.05. The lowest BCUT2D eigenvalue weighted by Crippen LogP contribution is -2.36. The zero-order valence-corrected chi connectivity index (χ0v) is 16.1. The van der Waals surface area contributed by atoms with E-state index in [-0.39, 0.29) is 18.4 Å². The van der Waals surface area contributed by atoms with E-state index in [4.69, 9.17) is 4.74 Å². The van der Waals surface area contributed by atoms with Crippen molar-refractivity contribution in [1.82, 2.24) is 10.3 Å². The summed E-state index contributed by atoms with van der Waals surface area (Å²) in [5.41, 5.74) is 2.31. The van der Waals surface area contributed by atoms with Gasteiger partial charge in [-0.3, -0.25) is 4.79 Å². The number of Topliss-reactive ketones (excluding diaryl/α,β-unsaturated/α-hetero) is 1. The van der Waals surface area contributed by atoms with E-state index in [1.165, 1.54) is 6.07 Å². The summed E-state index contributed by atoms with van der Waals surface area (Å²) >= 11 is 0. The minimum absolute atomic E-state index is 0.236. The smallest absolute Gasteiger partial charge is 0.340 e. The summed E-state index contributed by atoms with van der Waals surface area (Å²) in [6.45, 7) is 8.79. The molecule has 0 unspecified atom stereocenters. The number of esters is 1. The van der Waals surface area contributed by atoms with Crippen LogP contribution in [-0.4, -0.2) is 29.4 Å². The van der Waals surface area contributed by atoms with Crippen LogP contribution in [-0.2, 0) is 4.74 Å². The summed E-state index contributed by atoms with van der Waals surface area (Å²) in [6.07, 6.45) is 0. The van der Waals surface area contributed by atoms with Crippen LogP contribution in [0.4, 0.5) is 8.78 Å². The molecule has 0 bridgehead atoms. The Morgan fingerprint density at radius 1 is 1.19 bits per heavy atom. The molecule has 0 saturated carbocycles. The predicted molar refractivity (Wildman–Crippen MR) is 97.9 cm³/mol. The summed E-state index contributed by atoms with van der Waals surface area (Å²) in [5, 5.41) is 3.08. The lowest BCUT2D eigenvalue weighted by Gasteiger charge is -2.19. The van der Waals surface area contributed by atoms with Crippen LogP contribution < -0.4 is 5.32 Å². The van der Waals surface area contributed by atoms with Gasteiger partial charge < -0.3 is 15.0 Å². The Hall–Kier alpha value is -2.54. The second-order valence-electron chi connectivity index (χ2n) is 6.49. The standard InChI is InChI=1S/C20H24F2N2O3/c1-6-27-20(26)17-10(2)18(24-12(17)4)19(25)13(5)23-11(3)14-7-8-15(21)16(22)9-14/h7-9,11,13,23-24H,6H2,1-5H3/t11-,13+/m1/s1. The quantitative estimate of drug-likeness (QED) is 0.564. The third kappa shape index (κ3) is 4.42. The van der Waals surface area contributed by atoms with Crippen molar-refractivity contribution < 1.29 is 23.1 Å². The number of benzene rings is 1. The molecule has 1 heterocycles. The van der Waals surface area contributed by atoms with Crippen molar-refractivity contribution in [2.75, 3.05) is 6.61 Å². The van der Waals surface area contributed by atoms with Gasteiger partial charge in [0.05, 0.1) is 23.9 Å². The third-order valence-electron chi connectivity index (χ3n) is 4.50. The van der Waals surface area contributed by atoms with Gasteiger partial charge in [0.25, 0.3) is 0 Å². The first kappa shape index (κ1) is 20.8. The maximum atomic E-state index is 13.4. The van der Waals surface area contributed by atoms with Crippen LogP contribution in [0.25, 0.3) is 0 Å². The molecule has 2 aromatic rings. The van der Waals surface area contributed by atoms with E-state index in [9.17, 15) is 18.4 Å². The van der Waals surface area contributed by atoms with Crippen LogP contribution in [0.3, 0.4) is 0 Å². The van der Waals surface area contributed by atoms with Gasteiger partial charge in [0.2, 0.25) is 0 Å². The molecule has 27 heavy (non-hydrogen) atoms. The van der Waals surface area contributed by atoms with Crippen molar-refractivity contribution in [3.05, 3.63) is 57.9 Å². The summed E-state index contributed by atoms with van der Waals surface area (Å²) in [4.78, 5) is 27.9. The zero-order valence-electron chi connectivity index (χ0n) is 16.1. The van der Waals surface area contributed by atoms with Crippen LogP contribution in [0.1, 0.15) is 64.5 Å². The van der Waals surface area contributed by atoms with Gasteiger partial charge in [-0.2, -0.15) is 0 Å². The molecule has 5 nitrogen and oxygen atoms in total. The Bertz CT molecular complexity index is 861. The fraction of sp³-hybridized carbons (Fsp3) is 0.400. The van der Waals surface area contributed by atoms with Crippen molar-refractivity contribution in [2.24, 2.45) is 0 Å². The minimum Gasteiger partial charge on any atom is -0.462 e. The summed E-state index contributed by atoms with van der Waals surface area (Å²) in [6, 6.07) is 2.64. The summed E-state index contributed by atoms with van der Waals surface area (Å²) in [5.74, 6) is -2.56. The highest BCUT2D eigenvalue weighted by Gasteiger charge is 2.26. The SMILES string of the molecule is CCOC(=O)c1c(C)[nH]c(C(=O)[C@H](C)N[C@H](C)c2ccc(F)c(F)c2)c1C. The third-order valence-corrected chi connectivity index (χ3v) is 4.50. The van der Waals surface area contributed by atoms with Crippen molar-refractivity contribution in [1.29, 1.82) is 0 Å². The van der Waals surface area contributed by atoms with Gasteiger partial charge in [-0.05, 0) is 57.9 Å². The number of hydrogen-bond donors (Lipinski definition) is 2. The van der Waals surface area contributed by atoms with Crippen molar-refractivity contribution in [3.63, 3.8) is 0 Å². The molecular weight excluding hydrogens is 354 g/mol. The number of aromatic nitrogens is 1. The second kappa shape index (κ2) is 8.43. The molecular formula is C20H24F2N2O3. The van der Waals surface area contributed by atoms with E-state index in [2.05, 4.69) is 10.3 Å². The monoisotopic (exact) mass is 378 g/mol. The first-order valence-electron chi connectivity index (χ1n) is 8.78. The Kier molecular flexibility index (Phi) is 6.49. The average molecular weight is 378 g/mol. The number of carbonyl (C=O) groups excluding carboxylic acids is 2. The van der Waals surface area contributed by atoms with Crippen LogP contribution in [0, 0.1) is 25.5 Å². The van der Waals surface area contributed by atoms with Crippen molar-refractivity contribution >= 4 is 11.8 Å². The molecule has 146 valence electrons. The predicted octanol–water partition coefficient (Wildman–Crippen LogP) is 4.01. The number of hydrogen-bond acceptors (Lipinski definition) is 4. The zero-order chi connectivity index (χ0) is 20.3. The molecule has 1 aromatic carbocycles. The molecule has 0 saturated heterocycles. The molecule has 7 heteroatoms. The highest BCUT2D eigenvalue weighted by molar-refractivity contribution is 6.03. The van der Waals surface area contributed by atoms with Crippen LogP contribution in [0.5, 0.6) is 0 Å². The number of ketones is 1. The van der Waals surface area contributed by atoms with Gasteiger partial charge in [-0.25, -0.2) is 13.6 Å². The molecule has 2 atom stereocenters. The molecule has 0 aliphatic rings. The lowest BCUT2D eigenvalue weighted by molar-refractivity contribution is 0.0525. The van der Waals surface area contributed by atoms with E-state index in [1.54, 1.807) is 34.6 Å². The van der Waals surface area contributed by atoms with Gasteiger partial charge in [0.1, 0.15) is 0 Å². The highest BCUT2D eigenvalue weighted by Crippen LogP contribution is 2.22. The Morgan fingerprint density at radius 2 is 1.85 bits per heavy atom. The maximum Gasteiger partial charge on any atom is 0.340 e. The topological polar surface area (TPSA) is 71.2 Å². The number of carbonyl (C=O) groups is 2. The molecule has 0 amide bonds. The van der Waals surface area contributed by atoms with Gasteiger partial charge in [-0.15, -0.1) is 0 Å². The summed E-state index contributed by atoms with van der Waals surface area (Å²) < 4.78 is 31.5. The largest absolute Gasteiger partial charge is 0.462 e. The maximum absolute atomic E-state index is 13.4. The molecule has 2 rings (SSSR count). The highest BCUT2D eigenvalue weighted by atomic mass is 19.2. The Morgan fingerprint density at radius 3 is 2.44 bits per heavy atom. The molecule has 1 aromatic heterocycles. The number of aryl methyl sites for hydroxylation is 1. The molecule has 2 N–H and O–H groups in total. The lowest BCUT2D eigenvalue weighted by atomic mass is 10.0. The van der Waals surface area contributed by atoms with Gasteiger partial charge in [0.15, 0.2) is 17.4 Å². The molecule has 0 fully saturated rings. The number of rotatable bonds is 7. The van der Waals surface area contributed by atoms with Crippen molar-refractivity contribution in [3.8, 4) is 0 Å². The molecule has 0 aliphatic carbocycles. The Balaban J connectivity index is 2.18. The van der Waals surface area contributed by atoms with E-state index in [0.29, 0.717) is 28.1 Å². The van der Waals surface area contributed by atoms with Gasteiger partial charge >= 0.3 is 5.97 Å². The Labute approximate surface area is 157 Å². The molecule has 0 spiro atoms. The molecule has 0 radical (unpaired) electrons. The van der Waals surface area contributed by atoms with E-state index in [0.717, 1.165) is 12.1 Å². The first-order chi connectivity index (χ1) is 12.7. The number of aromatic amines is 1. The van der Waals surface area contributed by atoms with Crippen LogP contribution in [0.15, 0.2) is 18.2 Å². The van der Waals surface area contributed by atoms with E-state index in [1.807, 2.05) is 0 Å². The summed E-state index contributed by atoms with van der Waals surface area (Å²) in [7, 11) is 0. The molecule has 0 aliphatic heterocycles. The minimum atomic E-state index is -0.935. The number of halogens is 2. The normalized spacial score (nSPS) is 13.3. The van der Waals surface area contributed by atoms with Gasteiger partial charge in [-0.1, -0.05) is 6.07 Å². The first-order valence-corrected chi connectivity index (χ1v) is 8.78. The second-order valence-corrected chi connectivity index (χ2v) is 6.49. The van der Waals surface area contributed by atoms with E-state index >= 15 is 0 Å². The van der Waals surface area contributed by atoms with E-state index < -0.39 is 23.6 Å². The van der Waals surface area contributed by atoms with Crippen molar-refractivity contribution in [2.45, 2.75) is 46.7 Å². The average Bonchev–Trinajstić information content (AvgIpc) is 2.91. The number of H-pyrrole nitrogens is 1. The van der Waals surface area contributed by atoms with Crippen LogP contribution in [0.2, 0.25) is 0 Å². The van der Waals surface area contributed by atoms with Gasteiger partial charge in [0, 0.05) is 11.7 Å². The number of nitrogens with one attached hydrogen (secondary N) is 2. The van der Waals surface area contributed by atoms with Crippen LogP contribution >= 0.6 is 0 Å². The fourth-order valence-electron chi connectivity index (χ4n) is 3.05. The number of ether oxygens (including phenoxy) is 1.